The lowest BCUT2D eigenvalue weighted by Gasteiger charge is -2.49. The molecule has 2 heteroatoms. The highest BCUT2D eigenvalue weighted by molar-refractivity contribution is 5.03. The molecule has 0 aromatic carbocycles. The molecular weight excluding hydrogens is 196 g/mol. The lowest BCUT2D eigenvalue weighted by atomic mass is 9.73. The van der Waals surface area contributed by atoms with E-state index in [-0.39, 0.29) is 5.54 Å². The predicted octanol–water partition coefficient (Wildman–Crippen LogP) is 3.97. The van der Waals surface area contributed by atoms with E-state index in [0.717, 1.165) is 19.5 Å². The highest BCUT2D eigenvalue weighted by Crippen LogP contribution is 2.40. The molecule has 0 aromatic heterocycles. The molecule has 1 rings (SSSR count). The largest absolute Gasteiger partial charge is 0.297 e. The Kier molecular flexibility index (Phi) is 8.29. The Morgan fingerprint density at radius 2 is 1.62 bits per heavy atom. The van der Waals surface area contributed by atoms with E-state index in [1.807, 2.05) is 13.8 Å². The molecule has 0 aromatic rings. The second-order valence-electron chi connectivity index (χ2n) is 4.40. The van der Waals surface area contributed by atoms with Crippen LogP contribution in [0.2, 0.25) is 0 Å². The van der Waals surface area contributed by atoms with Crippen molar-refractivity contribution in [1.29, 1.82) is 5.26 Å². The molecule has 0 N–H and O–H groups in total. The van der Waals surface area contributed by atoms with Gasteiger partial charge in [-0.1, -0.05) is 27.7 Å². The number of rotatable bonds is 6. The van der Waals surface area contributed by atoms with Gasteiger partial charge in [0.15, 0.2) is 0 Å². The lowest BCUT2D eigenvalue weighted by molar-refractivity contribution is 0.0195. The van der Waals surface area contributed by atoms with Crippen molar-refractivity contribution in [2.75, 3.05) is 13.1 Å². The Labute approximate surface area is 102 Å². The SMILES string of the molecule is CC.CCCN(CCC)C1(CC#N)CCC1. The monoisotopic (exact) mass is 224 g/mol. The maximum atomic E-state index is 8.88. The molecule has 0 bridgehead atoms. The van der Waals surface area contributed by atoms with Gasteiger partial charge < -0.3 is 0 Å². The molecular formula is C14H28N2. The molecule has 1 saturated carbocycles. The van der Waals surface area contributed by atoms with Crippen molar-refractivity contribution < 1.29 is 0 Å². The van der Waals surface area contributed by atoms with Crippen molar-refractivity contribution in [3.05, 3.63) is 0 Å². The van der Waals surface area contributed by atoms with Crippen LogP contribution in [-0.2, 0) is 0 Å². The summed E-state index contributed by atoms with van der Waals surface area (Å²) in [7, 11) is 0. The Hall–Kier alpha value is -0.550. The molecule has 1 fully saturated rings. The van der Waals surface area contributed by atoms with Gasteiger partial charge in [0.2, 0.25) is 0 Å². The smallest absolute Gasteiger partial charge is 0.0641 e. The Balaban J connectivity index is 0.00000106. The van der Waals surface area contributed by atoms with Gasteiger partial charge in [0.05, 0.1) is 12.5 Å². The van der Waals surface area contributed by atoms with Crippen LogP contribution in [0, 0.1) is 11.3 Å². The van der Waals surface area contributed by atoms with Gasteiger partial charge in [-0.05, 0) is 45.2 Å². The standard InChI is InChI=1S/C12H22N2.C2H6/c1-3-10-14(11-4-2)12(8-9-13)6-5-7-12;1-2/h3-8,10-11H2,1-2H3;1-2H3. The van der Waals surface area contributed by atoms with Crippen LogP contribution in [0.15, 0.2) is 0 Å². The Morgan fingerprint density at radius 1 is 1.12 bits per heavy atom. The third kappa shape index (κ3) is 3.79. The van der Waals surface area contributed by atoms with Gasteiger partial charge in [-0.2, -0.15) is 5.26 Å². The first kappa shape index (κ1) is 15.4. The zero-order valence-electron chi connectivity index (χ0n) is 11.6. The van der Waals surface area contributed by atoms with E-state index in [4.69, 9.17) is 5.26 Å². The molecule has 0 spiro atoms. The van der Waals surface area contributed by atoms with Gasteiger partial charge in [-0.15, -0.1) is 0 Å². The number of nitrogens with zero attached hydrogens (tertiary/aromatic N) is 2. The molecule has 0 heterocycles. The molecule has 94 valence electrons. The van der Waals surface area contributed by atoms with E-state index in [1.165, 1.54) is 32.1 Å². The minimum absolute atomic E-state index is 0.265. The zero-order chi connectivity index (χ0) is 12.4. The van der Waals surface area contributed by atoms with Crippen molar-refractivity contribution in [3.63, 3.8) is 0 Å². The summed E-state index contributed by atoms with van der Waals surface area (Å²) in [6.07, 6.45) is 6.92. The summed E-state index contributed by atoms with van der Waals surface area (Å²) in [5, 5.41) is 8.88. The van der Waals surface area contributed by atoms with E-state index in [1.54, 1.807) is 0 Å². The van der Waals surface area contributed by atoms with Crippen molar-refractivity contribution in [2.45, 2.75) is 71.8 Å². The first-order valence-electron chi connectivity index (χ1n) is 6.91. The van der Waals surface area contributed by atoms with Crippen LogP contribution < -0.4 is 0 Å². The average Bonchev–Trinajstić information content (AvgIpc) is 2.26. The Morgan fingerprint density at radius 3 is 1.88 bits per heavy atom. The van der Waals surface area contributed by atoms with Gasteiger partial charge in [0, 0.05) is 5.54 Å². The maximum absolute atomic E-state index is 8.88. The topological polar surface area (TPSA) is 27.0 Å². The van der Waals surface area contributed by atoms with Gasteiger partial charge >= 0.3 is 0 Å². The van der Waals surface area contributed by atoms with Crippen LogP contribution in [0.3, 0.4) is 0 Å². The molecule has 0 unspecified atom stereocenters. The fraction of sp³-hybridized carbons (Fsp3) is 0.929. The lowest BCUT2D eigenvalue weighted by Crippen LogP contribution is -2.54. The molecule has 1 aliphatic carbocycles. The summed E-state index contributed by atoms with van der Waals surface area (Å²) in [6, 6.07) is 2.37. The summed E-state index contributed by atoms with van der Waals surface area (Å²) in [6.45, 7) is 10.8. The molecule has 0 radical (unpaired) electrons. The normalized spacial score (nSPS) is 17.0. The van der Waals surface area contributed by atoms with Gasteiger partial charge in [-0.25, -0.2) is 0 Å². The van der Waals surface area contributed by atoms with Gasteiger partial charge in [-0.3, -0.25) is 4.90 Å². The molecule has 0 amide bonds. The minimum atomic E-state index is 0.265. The summed E-state index contributed by atoms with van der Waals surface area (Å²) >= 11 is 0. The van der Waals surface area contributed by atoms with E-state index in [2.05, 4.69) is 24.8 Å². The third-order valence-electron chi connectivity index (χ3n) is 3.35. The van der Waals surface area contributed by atoms with Crippen LogP contribution >= 0.6 is 0 Å². The van der Waals surface area contributed by atoms with E-state index < -0.39 is 0 Å². The van der Waals surface area contributed by atoms with Crippen molar-refractivity contribution >= 4 is 0 Å². The first-order chi connectivity index (χ1) is 7.79. The average molecular weight is 224 g/mol. The van der Waals surface area contributed by atoms with E-state index in [0.29, 0.717) is 0 Å². The highest BCUT2D eigenvalue weighted by atomic mass is 15.2. The second-order valence-corrected chi connectivity index (χ2v) is 4.40. The van der Waals surface area contributed by atoms with Crippen molar-refractivity contribution in [3.8, 4) is 6.07 Å². The van der Waals surface area contributed by atoms with Crippen LogP contribution in [0.4, 0.5) is 0 Å². The minimum Gasteiger partial charge on any atom is -0.297 e. The number of hydrogen-bond acceptors (Lipinski definition) is 2. The number of hydrogen-bond donors (Lipinski definition) is 0. The van der Waals surface area contributed by atoms with Gasteiger partial charge in [0.25, 0.3) is 0 Å². The van der Waals surface area contributed by atoms with Crippen molar-refractivity contribution in [1.82, 2.24) is 4.90 Å². The van der Waals surface area contributed by atoms with E-state index >= 15 is 0 Å². The van der Waals surface area contributed by atoms with Crippen LogP contribution in [0.25, 0.3) is 0 Å². The van der Waals surface area contributed by atoms with Gasteiger partial charge in [0.1, 0.15) is 0 Å². The van der Waals surface area contributed by atoms with Crippen LogP contribution in [-0.4, -0.2) is 23.5 Å². The molecule has 1 aliphatic rings. The summed E-state index contributed by atoms with van der Waals surface area (Å²) < 4.78 is 0. The summed E-state index contributed by atoms with van der Waals surface area (Å²) in [5.74, 6) is 0. The second kappa shape index (κ2) is 8.58. The quantitative estimate of drug-likeness (QED) is 0.682. The summed E-state index contributed by atoms with van der Waals surface area (Å²) in [4.78, 5) is 2.56. The molecule has 0 saturated heterocycles. The molecule has 0 aliphatic heterocycles. The van der Waals surface area contributed by atoms with E-state index in [9.17, 15) is 0 Å². The Bertz CT molecular complexity index is 195. The fourth-order valence-electron chi connectivity index (χ4n) is 2.46. The zero-order valence-corrected chi connectivity index (χ0v) is 11.6. The van der Waals surface area contributed by atoms with Crippen molar-refractivity contribution in [2.24, 2.45) is 0 Å². The van der Waals surface area contributed by atoms with Crippen LogP contribution in [0.1, 0.15) is 66.2 Å². The molecule has 16 heavy (non-hydrogen) atoms. The molecule has 0 atom stereocenters. The highest BCUT2D eigenvalue weighted by Gasteiger charge is 2.41. The van der Waals surface area contributed by atoms with Crippen LogP contribution in [0.5, 0.6) is 0 Å². The summed E-state index contributed by atoms with van der Waals surface area (Å²) in [5.41, 5.74) is 0.265. The predicted molar refractivity (Wildman–Crippen MR) is 70.3 cm³/mol. The number of nitriles is 1. The molecule has 2 nitrogen and oxygen atoms in total. The fourth-order valence-corrected chi connectivity index (χ4v) is 2.46. The first-order valence-corrected chi connectivity index (χ1v) is 6.91. The maximum Gasteiger partial charge on any atom is 0.0641 e. The third-order valence-corrected chi connectivity index (χ3v) is 3.35.